The van der Waals surface area contributed by atoms with Crippen LogP contribution in [0.4, 0.5) is 11.6 Å². The Morgan fingerprint density at radius 2 is 2.05 bits per heavy atom. The highest BCUT2D eigenvalue weighted by molar-refractivity contribution is 6.09. The Hall–Kier alpha value is -2.63. The molecule has 0 fully saturated rings. The van der Waals surface area contributed by atoms with Crippen molar-refractivity contribution < 1.29 is 9.10 Å². The smallest absolute Gasteiger partial charge is 0.412 e. The fraction of sp³-hybridized carbons (Fsp3) is 0.154. The van der Waals surface area contributed by atoms with Gasteiger partial charge in [-0.2, -0.15) is 4.58 Å². The topological polar surface area (TPSA) is 63.7 Å². The fourth-order valence-electron chi connectivity index (χ4n) is 2.19. The van der Waals surface area contributed by atoms with Gasteiger partial charge in [0.15, 0.2) is 0 Å². The molecule has 0 spiro atoms. The van der Waals surface area contributed by atoms with Crippen molar-refractivity contribution in [2.75, 3.05) is 11.9 Å². The van der Waals surface area contributed by atoms with Gasteiger partial charge in [-0.05, 0) is 23.8 Å². The molecule has 0 unspecified atom stereocenters. The minimum atomic E-state index is -0.217. The van der Waals surface area contributed by atoms with Gasteiger partial charge in [0.1, 0.15) is 11.3 Å². The van der Waals surface area contributed by atoms with Crippen molar-refractivity contribution in [3.63, 3.8) is 0 Å². The van der Waals surface area contributed by atoms with Gasteiger partial charge in [-0.15, -0.1) is 0 Å². The number of aromatic nitrogens is 1. The summed E-state index contributed by atoms with van der Waals surface area (Å²) in [4.78, 5) is 13.4. The molecule has 0 atom stereocenters. The van der Waals surface area contributed by atoms with E-state index in [1.165, 1.54) is 9.64 Å². The third-order valence-corrected chi connectivity index (χ3v) is 3.16. The number of hydrogen-bond donors (Lipinski definition) is 0. The van der Waals surface area contributed by atoms with E-state index in [1.807, 2.05) is 30.3 Å². The Morgan fingerprint density at radius 3 is 2.63 bits per heavy atom. The molecule has 0 amide bonds. The molecular weight excluding hydrogens is 244 g/mol. The van der Waals surface area contributed by atoms with E-state index in [9.17, 15) is 10.2 Å². The zero-order chi connectivity index (χ0) is 13.6. The zero-order valence-electron chi connectivity index (χ0n) is 10.6. The van der Waals surface area contributed by atoms with Crippen LogP contribution in [0, 0.1) is 6.92 Å². The maximum Gasteiger partial charge on any atom is 0.412 e. The molecule has 2 heterocycles. The van der Waals surface area contributed by atoms with Crippen molar-refractivity contribution in [1.29, 1.82) is 0 Å². The highest BCUT2D eigenvalue weighted by Gasteiger charge is 2.39. The molecule has 0 saturated heterocycles. The average molecular weight is 256 g/mol. The van der Waals surface area contributed by atoms with Crippen LogP contribution in [0.3, 0.4) is 0 Å². The number of rotatable bonds is 2. The Morgan fingerprint density at radius 1 is 1.37 bits per heavy atom. The first-order valence-electron chi connectivity index (χ1n) is 5.81. The van der Waals surface area contributed by atoms with Crippen molar-refractivity contribution in [1.82, 2.24) is 4.74 Å². The Kier molecular flexibility index (Phi) is 2.38. The van der Waals surface area contributed by atoms with Crippen LogP contribution in [-0.4, -0.2) is 28.7 Å². The molecule has 1 aliphatic heterocycles. The van der Waals surface area contributed by atoms with Crippen LogP contribution in [0.15, 0.2) is 39.6 Å². The molecule has 6 nitrogen and oxygen atoms in total. The molecule has 1 aliphatic rings. The summed E-state index contributed by atoms with van der Waals surface area (Å²) < 4.78 is 8.30. The summed E-state index contributed by atoms with van der Waals surface area (Å²) in [6, 6.07) is 9.23. The van der Waals surface area contributed by atoms with Crippen molar-refractivity contribution in [3.8, 4) is 0 Å². The third-order valence-electron chi connectivity index (χ3n) is 3.16. The lowest BCUT2D eigenvalue weighted by Crippen LogP contribution is -2.43. The summed E-state index contributed by atoms with van der Waals surface area (Å²) in [5.74, 6) is 0.932. The number of benzene rings is 1. The lowest BCUT2D eigenvalue weighted by Gasteiger charge is -2.14. The van der Waals surface area contributed by atoms with Gasteiger partial charge < -0.3 is 5.41 Å². The Bertz CT molecular complexity index is 740. The molecule has 0 saturated carbocycles. The van der Waals surface area contributed by atoms with Gasteiger partial charge >= 0.3 is 17.4 Å². The molecule has 2 bridgehead atoms. The average Bonchev–Trinajstić information content (AvgIpc) is 2.91. The molecule has 0 radical (unpaired) electrons. The Labute approximate surface area is 109 Å². The first-order chi connectivity index (χ1) is 9.15. The predicted octanol–water partition coefficient (Wildman–Crippen LogP) is 1.35. The lowest BCUT2D eigenvalue weighted by atomic mass is 10.3. The van der Waals surface area contributed by atoms with E-state index in [0.717, 1.165) is 12.0 Å². The van der Waals surface area contributed by atoms with E-state index in [0.29, 0.717) is 17.4 Å². The molecule has 3 rings (SSSR count). The SMILES string of the molecule is Cc1c2on(c1=O)C(N(C=[N-])c1ccccc1)=[N+]2C. The normalized spacial score (nSPS) is 12.9. The highest BCUT2D eigenvalue weighted by Crippen LogP contribution is 2.23. The summed E-state index contributed by atoms with van der Waals surface area (Å²) in [6.45, 7) is 1.71. The minimum Gasteiger partial charge on any atom is -0.437 e. The number of para-hydroxylation sites is 1. The number of fused-ring (bicyclic) bond motifs is 2. The van der Waals surface area contributed by atoms with E-state index in [1.54, 1.807) is 18.5 Å². The van der Waals surface area contributed by atoms with Crippen LogP contribution in [-0.2, 0) is 0 Å². The fourth-order valence-corrected chi connectivity index (χ4v) is 2.19. The second-order valence-corrected chi connectivity index (χ2v) is 4.30. The van der Waals surface area contributed by atoms with Gasteiger partial charge in [0.2, 0.25) is 0 Å². The Balaban J connectivity index is 2.16. The summed E-state index contributed by atoms with van der Waals surface area (Å²) in [6.07, 6.45) is 0.911. The largest absolute Gasteiger partial charge is 0.437 e. The third kappa shape index (κ3) is 1.46. The lowest BCUT2D eigenvalue weighted by molar-refractivity contribution is -0.415. The van der Waals surface area contributed by atoms with Crippen LogP contribution in [0.25, 0.3) is 5.41 Å². The number of anilines is 1. The van der Waals surface area contributed by atoms with E-state index in [2.05, 4.69) is 0 Å². The second kappa shape index (κ2) is 3.94. The molecule has 19 heavy (non-hydrogen) atoms. The van der Waals surface area contributed by atoms with Gasteiger partial charge in [-0.25, -0.2) is 9.69 Å². The van der Waals surface area contributed by atoms with E-state index >= 15 is 0 Å². The first-order valence-corrected chi connectivity index (χ1v) is 5.81. The standard InChI is InChI=1S/C13H12N4O2/c1-9-11(18)17-13(15(2)12(9)19-17)16(8-14)10-6-4-3-5-7-10/h3-8H,1-2H3. The molecule has 6 heteroatoms. The summed E-state index contributed by atoms with van der Waals surface area (Å²) in [5.41, 5.74) is 1.07. The monoisotopic (exact) mass is 256 g/mol. The highest BCUT2D eigenvalue weighted by atomic mass is 16.5. The van der Waals surface area contributed by atoms with Gasteiger partial charge in [-0.1, -0.05) is 18.2 Å². The van der Waals surface area contributed by atoms with Gasteiger partial charge in [-0.3, -0.25) is 4.52 Å². The summed E-state index contributed by atoms with van der Waals surface area (Å²) in [5, 5.41) is 9.48. The second-order valence-electron chi connectivity index (χ2n) is 4.30. The van der Waals surface area contributed by atoms with Crippen LogP contribution in [0.1, 0.15) is 5.56 Å². The summed E-state index contributed by atoms with van der Waals surface area (Å²) in [7, 11) is 1.78. The van der Waals surface area contributed by atoms with Crippen LogP contribution < -0.4 is 10.5 Å². The zero-order valence-corrected chi connectivity index (χ0v) is 10.6. The van der Waals surface area contributed by atoms with Gasteiger partial charge in [0.05, 0.1) is 13.4 Å². The molecule has 96 valence electrons. The molecule has 0 aliphatic carbocycles. The van der Waals surface area contributed by atoms with E-state index in [4.69, 9.17) is 4.52 Å². The minimum absolute atomic E-state index is 0.217. The molecule has 1 aromatic heterocycles. The molecule has 0 N–H and O–H groups in total. The molecular formula is C13H12N4O2. The summed E-state index contributed by atoms with van der Waals surface area (Å²) >= 11 is 0. The van der Waals surface area contributed by atoms with Crippen LogP contribution >= 0.6 is 0 Å². The maximum absolute atomic E-state index is 11.9. The van der Waals surface area contributed by atoms with Crippen molar-refractivity contribution in [3.05, 3.63) is 51.7 Å². The van der Waals surface area contributed by atoms with Crippen molar-refractivity contribution in [2.45, 2.75) is 6.92 Å². The molecule has 1 aromatic carbocycles. The van der Waals surface area contributed by atoms with Gasteiger partial charge in [0, 0.05) is 0 Å². The number of hydrogen-bond acceptors (Lipinski definition) is 2. The molecule has 2 aromatic rings. The van der Waals surface area contributed by atoms with Crippen LogP contribution in [0.5, 0.6) is 0 Å². The number of nitrogens with zero attached hydrogens (tertiary/aromatic N) is 4. The quantitative estimate of drug-likeness (QED) is 0.463. The first kappa shape index (κ1) is 11.5. The van der Waals surface area contributed by atoms with Crippen molar-refractivity contribution >= 4 is 23.9 Å². The van der Waals surface area contributed by atoms with E-state index in [-0.39, 0.29) is 5.56 Å². The van der Waals surface area contributed by atoms with Crippen molar-refractivity contribution in [2.24, 2.45) is 0 Å². The van der Waals surface area contributed by atoms with Crippen LogP contribution in [0.2, 0.25) is 0 Å². The maximum atomic E-state index is 11.9. The predicted molar refractivity (Wildman–Crippen MR) is 72.3 cm³/mol. The van der Waals surface area contributed by atoms with Gasteiger partial charge in [0.25, 0.3) is 0 Å². The van der Waals surface area contributed by atoms with E-state index < -0.39 is 0 Å².